The first-order valence-electron chi connectivity index (χ1n) is 15.1. The van der Waals surface area contributed by atoms with Crippen molar-refractivity contribution in [1.29, 1.82) is 0 Å². The largest absolute Gasteiger partial charge is 0.497 e. The van der Waals surface area contributed by atoms with Gasteiger partial charge in [-0.25, -0.2) is 4.98 Å². The summed E-state index contributed by atoms with van der Waals surface area (Å²) in [5.74, 6) is 2.78. The van der Waals surface area contributed by atoms with Crippen LogP contribution in [-0.2, 0) is 16.1 Å². The molecule has 1 N–H and O–H groups in total. The molecule has 3 aliphatic rings. The topological polar surface area (TPSA) is 84.0 Å². The number of rotatable bonds is 10. The van der Waals surface area contributed by atoms with Crippen LogP contribution in [0.4, 0.5) is 0 Å². The Morgan fingerprint density at radius 2 is 1.73 bits per heavy atom. The normalized spacial score (nSPS) is 21.9. The molecule has 1 aromatic heterocycles. The summed E-state index contributed by atoms with van der Waals surface area (Å²) in [5.41, 5.74) is 0.373. The predicted octanol–water partition coefficient (Wildman–Crippen LogP) is 5.31. The Kier molecular flexibility index (Phi) is 9.25. The van der Waals surface area contributed by atoms with E-state index in [1.807, 2.05) is 47.5 Å². The SMILES string of the molecule is CCCCN1C(=O)C(CC2CCCCC2)NC(=O)C12CCN(Cc1ccc(Oc3ccc(OC)cc3)nc1)CC2. The Hall–Kier alpha value is -3.13. The minimum absolute atomic E-state index is 0.0605. The monoisotopic (exact) mass is 548 g/mol. The summed E-state index contributed by atoms with van der Waals surface area (Å²) in [4.78, 5) is 36.3. The molecule has 3 heterocycles. The van der Waals surface area contributed by atoms with Gasteiger partial charge in [-0.15, -0.1) is 0 Å². The van der Waals surface area contributed by atoms with E-state index in [4.69, 9.17) is 9.47 Å². The first-order chi connectivity index (χ1) is 19.5. The highest BCUT2D eigenvalue weighted by atomic mass is 16.5. The number of amides is 2. The fraction of sp³-hybridized carbons (Fsp3) is 0.594. The average molecular weight is 549 g/mol. The van der Waals surface area contributed by atoms with Crippen LogP contribution in [0.15, 0.2) is 42.6 Å². The molecule has 8 nitrogen and oxygen atoms in total. The molecule has 1 aliphatic carbocycles. The minimum atomic E-state index is -0.722. The number of methoxy groups -OCH3 is 1. The van der Waals surface area contributed by atoms with Gasteiger partial charge in [0.15, 0.2) is 0 Å². The number of unbranched alkanes of at least 4 members (excludes halogenated alkanes) is 1. The zero-order valence-corrected chi connectivity index (χ0v) is 24.1. The molecule has 0 bridgehead atoms. The van der Waals surface area contributed by atoms with E-state index in [-0.39, 0.29) is 17.9 Å². The molecule has 1 unspecified atom stereocenters. The van der Waals surface area contributed by atoms with E-state index in [2.05, 4.69) is 22.1 Å². The number of nitrogens with zero attached hydrogens (tertiary/aromatic N) is 3. The highest BCUT2D eigenvalue weighted by molar-refractivity contribution is 6.00. The van der Waals surface area contributed by atoms with E-state index >= 15 is 0 Å². The van der Waals surface area contributed by atoms with Gasteiger partial charge in [0, 0.05) is 38.4 Å². The van der Waals surface area contributed by atoms with Crippen LogP contribution >= 0.6 is 0 Å². The van der Waals surface area contributed by atoms with Crippen LogP contribution < -0.4 is 14.8 Å². The number of carbonyl (C=O) groups excluding carboxylic acids is 2. The van der Waals surface area contributed by atoms with Crippen molar-refractivity contribution < 1.29 is 19.1 Å². The van der Waals surface area contributed by atoms with E-state index in [0.717, 1.165) is 50.2 Å². The zero-order valence-electron chi connectivity index (χ0n) is 24.1. The lowest BCUT2D eigenvalue weighted by Crippen LogP contribution is -2.73. The molecule has 1 spiro atoms. The van der Waals surface area contributed by atoms with E-state index < -0.39 is 5.54 Å². The second kappa shape index (κ2) is 13.0. The number of pyridine rings is 1. The van der Waals surface area contributed by atoms with Gasteiger partial charge in [-0.3, -0.25) is 14.5 Å². The smallest absolute Gasteiger partial charge is 0.246 e. The Bertz CT molecular complexity index is 1120. The Morgan fingerprint density at radius 3 is 2.38 bits per heavy atom. The van der Waals surface area contributed by atoms with Gasteiger partial charge in [0.05, 0.1) is 7.11 Å². The maximum atomic E-state index is 13.8. The molecule has 8 heteroatoms. The number of nitrogens with one attached hydrogen (secondary N) is 1. The van der Waals surface area contributed by atoms with Crippen molar-refractivity contribution in [3.63, 3.8) is 0 Å². The average Bonchev–Trinajstić information content (AvgIpc) is 2.99. The maximum Gasteiger partial charge on any atom is 0.246 e. The first kappa shape index (κ1) is 28.4. The molecule has 1 saturated carbocycles. The lowest BCUT2D eigenvalue weighted by Gasteiger charge is -2.52. The zero-order chi connectivity index (χ0) is 28.0. The molecule has 2 aliphatic heterocycles. The van der Waals surface area contributed by atoms with Crippen molar-refractivity contribution in [3.8, 4) is 17.4 Å². The van der Waals surface area contributed by atoms with Crippen LogP contribution in [0.25, 0.3) is 0 Å². The Balaban J connectivity index is 1.18. The summed E-state index contributed by atoms with van der Waals surface area (Å²) in [6.07, 6.45) is 12.0. The quantitative estimate of drug-likeness (QED) is 0.433. The van der Waals surface area contributed by atoms with Crippen molar-refractivity contribution in [2.75, 3.05) is 26.7 Å². The van der Waals surface area contributed by atoms with Crippen molar-refractivity contribution in [1.82, 2.24) is 20.1 Å². The molecule has 1 aromatic carbocycles. The summed E-state index contributed by atoms with van der Waals surface area (Å²) in [6, 6.07) is 11.0. The lowest BCUT2D eigenvalue weighted by molar-refractivity contribution is -0.162. The maximum absolute atomic E-state index is 13.8. The summed E-state index contributed by atoms with van der Waals surface area (Å²) in [6.45, 7) is 5.09. The van der Waals surface area contributed by atoms with Gasteiger partial charge in [-0.05, 0) is 61.4 Å². The van der Waals surface area contributed by atoms with Crippen LogP contribution in [0.3, 0.4) is 0 Å². The number of likely N-dealkylation sites (tertiary alicyclic amines) is 1. The molecule has 216 valence electrons. The summed E-state index contributed by atoms with van der Waals surface area (Å²) in [5, 5.41) is 3.20. The van der Waals surface area contributed by atoms with Gasteiger partial charge >= 0.3 is 0 Å². The van der Waals surface area contributed by atoms with E-state index in [1.54, 1.807) is 7.11 Å². The lowest BCUT2D eigenvalue weighted by atomic mass is 9.79. The third-order valence-corrected chi connectivity index (χ3v) is 9.01. The van der Waals surface area contributed by atoms with Crippen molar-refractivity contribution in [2.45, 2.75) is 89.3 Å². The van der Waals surface area contributed by atoms with Gasteiger partial charge in [0.25, 0.3) is 0 Å². The molecule has 1 atom stereocenters. The molecule has 5 rings (SSSR count). The number of piperidine rings is 1. The number of carbonyl (C=O) groups is 2. The molecular formula is C32H44N4O4. The number of hydrogen-bond donors (Lipinski definition) is 1. The second-order valence-corrected chi connectivity index (χ2v) is 11.7. The van der Waals surface area contributed by atoms with Crippen molar-refractivity contribution >= 4 is 11.8 Å². The Labute approximate surface area is 238 Å². The van der Waals surface area contributed by atoms with Crippen LogP contribution in [0.5, 0.6) is 17.4 Å². The number of benzene rings is 1. The third kappa shape index (κ3) is 6.43. The number of ether oxygens (including phenoxy) is 2. The Morgan fingerprint density at radius 1 is 1.00 bits per heavy atom. The second-order valence-electron chi connectivity index (χ2n) is 11.7. The standard InChI is InChI=1S/C32H44N4O4/c1-3-4-18-36-30(37)28(21-24-8-6-5-7-9-24)34-31(38)32(36)16-19-35(20-17-32)23-25-10-15-29(33-22-25)40-27-13-11-26(39-2)12-14-27/h10-15,22,24,28H,3-9,16-21,23H2,1-2H3,(H,34,38). The van der Waals surface area contributed by atoms with Crippen molar-refractivity contribution in [3.05, 3.63) is 48.2 Å². The first-order valence-corrected chi connectivity index (χ1v) is 15.1. The molecule has 2 amide bonds. The molecule has 3 fully saturated rings. The molecule has 2 saturated heterocycles. The number of hydrogen-bond acceptors (Lipinski definition) is 6. The van der Waals surface area contributed by atoms with Crippen molar-refractivity contribution in [2.24, 2.45) is 5.92 Å². The highest BCUT2D eigenvalue weighted by Crippen LogP contribution is 2.36. The van der Waals surface area contributed by atoms with E-state index in [1.165, 1.54) is 32.1 Å². The summed E-state index contributed by atoms with van der Waals surface area (Å²) in [7, 11) is 1.64. The third-order valence-electron chi connectivity index (χ3n) is 9.01. The van der Waals surface area contributed by atoms with E-state index in [9.17, 15) is 9.59 Å². The highest BCUT2D eigenvalue weighted by Gasteiger charge is 2.53. The van der Waals surface area contributed by atoms with Crippen LogP contribution in [0, 0.1) is 5.92 Å². The van der Waals surface area contributed by atoms with Gasteiger partial charge in [0.1, 0.15) is 23.1 Å². The summed E-state index contributed by atoms with van der Waals surface area (Å²) < 4.78 is 11.1. The summed E-state index contributed by atoms with van der Waals surface area (Å²) >= 11 is 0. The molecule has 40 heavy (non-hydrogen) atoms. The van der Waals surface area contributed by atoms with Crippen LogP contribution in [0.1, 0.15) is 76.7 Å². The fourth-order valence-corrected chi connectivity index (χ4v) is 6.60. The molecule has 0 radical (unpaired) electrons. The van der Waals surface area contributed by atoms with Crippen LogP contribution in [-0.4, -0.2) is 64.9 Å². The fourth-order valence-electron chi connectivity index (χ4n) is 6.60. The van der Waals surface area contributed by atoms with Gasteiger partial charge < -0.3 is 19.7 Å². The minimum Gasteiger partial charge on any atom is -0.497 e. The molecular weight excluding hydrogens is 504 g/mol. The number of piperazine rings is 1. The predicted molar refractivity (Wildman–Crippen MR) is 154 cm³/mol. The molecule has 2 aromatic rings. The van der Waals surface area contributed by atoms with Gasteiger partial charge in [-0.2, -0.15) is 0 Å². The van der Waals surface area contributed by atoms with Gasteiger partial charge in [0.2, 0.25) is 17.7 Å². The van der Waals surface area contributed by atoms with Gasteiger partial charge in [-0.1, -0.05) is 51.5 Å². The van der Waals surface area contributed by atoms with E-state index in [0.29, 0.717) is 36.9 Å². The van der Waals surface area contributed by atoms with Crippen LogP contribution in [0.2, 0.25) is 0 Å². The number of aromatic nitrogens is 1.